The van der Waals surface area contributed by atoms with Crippen LogP contribution in [0.1, 0.15) is 43.6 Å². The summed E-state index contributed by atoms with van der Waals surface area (Å²) in [5.74, 6) is 0.153. The van der Waals surface area contributed by atoms with Crippen molar-refractivity contribution >= 4 is 5.97 Å². The highest BCUT2D eigenvalue weighted by Crippen LogP contribution is 2.42. The number of methoxy groups -OCH3 is 1. The number of aryl methyl sites for hydroxylation is 1. The second-order valence-electron chi connectivity index (χ2n) is 6.49. The standard InChI is InChI=1S/C16H27N3O2/c1-10(2)17-16(14-7-8-14,15(20)21-6)9-19-13(5)11(3)12(4)18-19/h10,14,17H,7-9H2,1-6H3. The molecule has 1 unspecified atom stereocenters. The van der Waals surface area contributed by atoms with Crippen molar-refractivity contribution in [1.29, 1.82) is 0 Å². The van der Waals surface area contributed by atoms with Crippen LogP contribution in [-0.2, 0) is 16.1 Å². The molecule has 0 bridgehead atoms. The molecule has 118 valence electrons. The van der Waals surface area contributed by atoms with Crippen molar-refractivity contribution in [3.05, 3.63) is 17.0 Å². The fourth-order valence-electron chi connectivity index (χ4n) is 3.03. The number of rotatable bonds is 6. The Balaban J connectivity index is 2.39. The fourth-order valence-corrected chi connectivity index (χ4v) is 3.03. The monoisotopic (exact) mass is 293 g/mol. The average Bonchev–Trinajstić information content (AvgIpc) is 3.23. The van der Waals surface area contributed by atoms with Crippen LogP contribution in [0.2, 0.25) is 0 Å². The van der Waals surface area contributed by atoms with Gasteiger partial charge in [0.05, 0.1) is 19.3 Å². The molecule has 1 heterocycles. The second kappa shape index (κ2) is 5.79. The summed E-state index contributed by atoms with van der Waals surface area (Å²) in [5, 5.41) is 8.07. The molecule has 0 radical (unpaired) electrons. The number of aromatic nitrogens is 2. The number of nitrogens with zero attached hydrogens (tertiary/aromatic N) is 2. The summed E-state index contributed by atoms with van der Waals surface area (Å²) in [7, 11) is 1.47. The maximum absolute atomic E-state index is 12.5. The van der Waals surface area contributed by atoms with Crippen LogP contribution in [0.4, 0.5) is 0 Å². The van der Waals surface area contributed by atoms with Crippen LogP contribution in [0, 0.1) is 26.7 Å². The van der Waals surface area contributed by atoms with Crippen molar-refractivity contribution < 1.29 is 9.53 Å². The van der Waals surface area contributed by atoms with Crippen LogP contribution < -0.4 is 5.32 Å². The molecule has 21 heavy (non-hydrogen) atoms. The molecular weight excluding hydrogens is 266 g/mol. The van der Waals surface area contributed by atoms with Gasteiger partial charge < -0.3 is 4.74 Å². The van der Waals surface area contributed by atoms with E-state index in [0.29, 0.717) is 12.5 Å². The first kappa shape index (κ1) is 16.0. The van der Waals surface area contributed by atoms with Crippen molar-refractivity contribution in [2.24, 2.45) is 5.92 Å². The number of esters is 1. The maximum Gasteiger partial charge on any atom is 0.328 e. The van der Waals surface area contributed by atoms with Gasteiger partial charge in [0, 0.05) is 11.7 Å². The smallest absolute Gasteiger partial charge is 0.328 e. The summed E-state index contributed by atoms with van der Waals surface area (Å²) in [5.41, 5.74) is 2.66. The van der Waals surface area contributed by atoms with E-state index in [2.05, 4.69) is 38.1 Å². The first-order chi connectivity index (χ1) is 9.81. The van der Waals surface area contributed by atoms with Crippen LogP contribution >= 0.6 is 0 Å². The molecule has 1 aliphatic carbocycles. The van der Waals surface area contributed by atoms with Gasteiger partial charge in [-0.25, -0.2) is 4.79 Å². The third kappa shape index (κ3) is 2.98. The number of hydrogen-bond donors (Lipinski definition) is 1. The first-order valence-corrected chi connectivity index (χ1v) is 7.68. The third-order valence-electron chi connectivity index (χ3n) is 4.51. The van der Waals surface area contributed by atoms with Gasteiger partial charge in [-0.05, 0) is 58.9 Å². The van der Waals surface area contributed by atoms with Crippen molar-refractivity contribution in [3.8, 4) is 0 Å². The van der Waals surface area contributed by atoms with Gasteiger partial charge >= 0.3 is 5.97 Å². The lowest BCUT2D eigenvalue weighted by molar-refractivity contribution is -0.151. The van der Waals surface area contributed by atoms with E-state index in [4.69, 9.17) is 4.74 Å². The minimum Gasteiger partial charge on any atom is -0.468 e. The number of ether oxygens (including phenoxy) is 1. The number of carbonyl (C=O) groups is 1. The molecule has 1 fully saturated rings. The molecule has 1 saturated carbocycles. The molecule has 0 saturated heterocycles. The minimum atomic E-state index is -0.668. The molecule has 1 aliphatic rings. The van der Waals surface area contributed by atoms with Gasteiger partial charge in [-0.1, -0.05) is 0 Å². The molecule has 0 amide bonds. The van der Waals surface area contributed by atoms with E-state index in [1.54, 1.807) is 0 Å². The van der Waals surface area contributed by atoms with E-state index in [9.17, 15) is 4.79 Å². The van der Waals surface area contributed by atoms with E-state index >= 15 is 0 Å². The number of nitrogens with one attached hydrogen (secondary N) is 1. The Hall–Kier alpha value is -1.36. The molecule has 2 rings (SSSR count). The number of carbonyl (C=O) groups excluding carboxylic acids is 1. The molecule has 5 heteroatoms. The Labute approximate surface area is 127 Å². The lowest BCUT2D eigenvalue weighted by Gasteiger charge is -2.34. The second-order valence-corrected chi connectivity index (χ2v) is 6.49. The molecule has 5 nitrogen and oxygen atoms in total. The van der Waals surface area contributed by atoms with Crippen molar-refractivity contribution in [2.75, 3.05) is 7.11 Å². The van der Waals surface area contributed by atoms with E-state index in [1.165, 1.54) is 12.7 Å². The van der Waals surface area contributed by atoms with Crippen LogP contribution in [0.15, 0.2) is 0 Å². The lowest BCUT2D eigenvalue weighted by Crippen LogP contribution is -2.59. The maximum atomic E-state index is 12.5. The molecule has 0 aliphatic heterocycles. The molecule has 1 aromatic heterocycles. The third-order valence-corrected chi connectivity index (χ3v) is 4.51. The summed E-state index contributed by atoms with van der Waals surface area (Å²) in [4.78, 5) is 12.5. The van der Waals surface area contributed by atoms with Crippen molar-refractivity contribution in [1.82, 2.24) is 15.1 Å². The van der Waals surface area contributed by atoms with E-state index in [0.717, 1.165) is 24.2 Å². The normalized spacial score (nSPS) is 17.9. The van der Waals surface area contributed by atoms with Gasteiger partial charge in [-0.2, -0.15) is 5.10 Å². The topological polar surface area (TPSA) is 56.2 Å². The van der Waals surface area contributed by atoms with Gasteiger partial charge in [-0.3, -0.25) is 10.00 Å². The number of hydrogen-bond acceptors (Lipinski definition) is 4. The zero-order valence-electron chi connectivity index (χ0n) is 14.0. The summed E-state index contributed by atoms with van der Waals surface area (Å²) in [6, 6.07) is 0.211. The summed E-state index contributed by atoms with van der Waals surface area (Å²) in [6.07, 6.45) is 2.13. The Kier molecular flexibility index (Phi) is 4.42. The predicted molar refractivity (Wildman–Crippen MR) is 82.2 cm³/mol. The lowest BCUT2D eigenvalue weighted by atomic mass is 9.91. The zero-order chi connectivity index (χ0) is 15.8. The summed E-state index contributed by atoms with van der Waals surface area (Å²) < 4.78 is 7.08. The Bertz CT molecular complexity index is 532. The molecule has 1 atom stereocenters. The SMILES string of the molecule is COC(=O)C(Cn1nc(C)c(C)c1C)(NC(C)C)C1CC1. The zero-order valence-corrected chi connectivity index (χ0v) is 14.0. The highest BCUT2D eigenvalue weighted by molar-refractivity contribution is 5.81. The van der Waals surface area contributed by atoms with E-state index in [-0.39, 0.29) is 12.0 Å². The minimum absolute atomic E-state index is 0.177. The molecular formula is C16H27N3O2. The van der Waals surface area contributed by atoms with Gasteiger partial charge in [0.2, 0.25) is 0 Å². The van der Waals surface area contributed by atoms with Gasteiger partial charge in [0.25, 0.3) is 0 Å². The predicted octanol–water partition coefficient (Wildman–Crippen LogP) is 2.13. The fraction of sp³-hybridized carbons (Fsp3) is 0.750. The van der Waals surface area contributed by atoms with Gasteiger partial charge in [0.1, 0.15) is 5.54 Å². The van der Waals surface area contributed by atoms with Crippen LogP contribution in [0.5, 0.6) is 0 Å². The largest absolute Gasteiger partial charge is 0.468 e. The highest BCUT2D eigenvalue weighted by atomic mass is 16.5. The van der Waals surface area contributed by atoms with Gasteiger partial charge in [-0.15, -0.1) is 0 Å². The molecule has 1 aromatic rings. The van der Waals surface area contributed by atoms with Gasteiger partial charge in [0.15, 0.2) is 0 Å². The highest BCUT2D eigenvalue weighted by Gasteiger charge is 2.52. The Morgan fingerprint density at radius 3 is 2.43 bits per heavy atom. The Morgan fingerprint density at radius 2 is 2.05 bits per heavy atom. The Morgan fingerprint density at radius 1 is 1.43 bits per heavy atom. The van der Waals surface area contributed by atoms with E-state index < -0.39 is 5.54 Å². The quantitative estimate of drug-likeness (QED) is 0.816. The van der Waals surface area contributed by atoms with Crippen LogP contribution in [0.25, 0.3) is 0 Å². The van der Waals surface area contributed by atoms with Crippen LogP contribution in [0.3, 0.4) is 0 Å². The van der Waals surface area contributed by atoms with Crippen LogP contribution in [-0.4, -0.2) is 34.4 Å². The van der Waals surface area contributed by atoms with Crippen molar-refractivity contribution in [2.45, 2.75) is 65.6 Å². The summed E-state index contributed by atoms with van der Waals surface area (Å²) in [6.45, 7) is 10.8. The van der Waals surface area contributed by atoms with Crippen molar-refractivity contribution in [3.63, 3.8) is 0 Å². The summed E-state index contributed by atoms with van der Waals surface area (Å²) >= 11 is 0. The first-order valence-electron chi connectivity index (χ1n) is 7.68. The average molecular weight is 293 g/mol. The molecule has 1 N–H and O–H groups in total. The van der Waals surface area contributed by atoms with E-state index in [1.807, 2.05) is 11.6 Å². The molecule has 0 spiro atoms. The molecule has 0 aromatic carbocycles.